The Morgan fingerprint density at radius 1 is 1.24 bits per heavy atom. The molecule has 3 rings (SSSR count). The van der Waals surface area contributed by atoms with E-state index in [1.54, 1.807) is 4.68 Å². The molecule has 1 fully saturated rings. The number of benzene rings is 1. The maximum Gasteiger partial charge on any atom is 0.216 e. The monoisotopic (exact) mass is 300 g/mol. The number of rotatable bonds is 3. The van der Waals surface area contributed by atoms with E-state index >= 15 is 0 Å². The minimum atomic E-state index is 0.539. The molecule has 21 heavy (non-hydrogen) atoms. The lowest BCUT2D eigenvalue weighted by Gasteiger charge is -2.16. The van der Waals surface area contributed by atoms with Crippen LogP contribution in [0.4, 0.5) is 0 Å². The Hall–Kier alpha value is -1.75. The van der Waals surface area contributed by atoms with Gasteiger partial charge in [0.1, 0.15) is 0 Å². The lowest BCUT2D eigenvalue weighted by Crippen LogP contribution is -2.08. The Kier molecular flexibility index (Phi) is 4.29. The Morgan fingerprint density at radius 2 is 1.95 bits per heavy atom. The highest BCUT2D eigenvalue weighted by atomic mass is 32.1. The Morgan fingerprint density at radius 3 is 2.67 bits per heavy atom. The summed E-state index contributed by atoms with van der Waals surface area (Å²) in [7, 11) is 0. The summed E-state index contributed by atoms with van der Waals surface area (Å²) in [5.74, 6) is 1.34. The van der Waals surface area contributed by atoms with Crippen LogP contribution in [0.25, 0.3) is 11.4 Å². The highest BCUT2D eigenvalue weighted by molar-refractivity contribution is 7.71. The third kappa shape index (κ3) is 3.29. The highest BCUT2D eigenvalue weighted by Crippen LogP contribution is 2.23. The van der Waals surface area contributed by atoms with Crippen molar-refractivity contribution in [2.24, 2.45) is 11.0 Å². The Balaban J connectivity index is 1.88. The molecule has 0 spiro atoms. The molecule has 0 amide bonds. The van der Waals surface area contributed by atoms with Crippen molar-refractivity contribution in [3.8, 4) is 11.4 Å². The Bertz CT molecular complexity index is 675. The summed E-state index contributed by atoms with van der Waals surface area (Å²) in [6, 6.07) is 8.24. The van der Waals surface area contributed by atoms with Gasteiger partial charge in [0, 0.05) is 11.8 Å². The van der Waals surface area contributed by atoms with Gasteiger partial charge < -0.3 is 0 Å². The number of aromatic nitrogens is 3. The maximum absolute atomic E-state index is 5.30. The van der Waals surface area contributed by atoms with E-state index in [0.29, 0.717) is 10.7 Å². The summed E-state index contributed by atoms with van der Waals surface area (Å²) < 4.78 is 2.27. The van der Waals surface area contributed by atoms with E-state index in [2.05, 4.69) is 34.4 Å². The van der Waals surface area contributed by atoms with Crippen molar-refractivity contribution in [3.63, 3.8) is 0 Å². The van der Waals surface area contributed by atoms with Crippen molar-refractivity contribution in [2.45, 2.75) is 39.0 Å². The van der Waals surface area contributed by atoms with Crippen molar-refractivity contribution in [2.75, 3.05) is 0 Å². The molecule has 1 saturated carbocycles. The molecule has 1 heterocycles. The molecular weight excluding hydrogens is 280 g/mol. The molecule has 1 N–H and O–H groups in total. The lowest BCUT2D eigenvalue weighted by atomic mass is 9.90. The summed E-state index contributed by atoms with van der Waals surface area (Å²) in [6.07, 6.45) is 8.46. The van der Waals surface area contributed by atoms with Gasteiger partial charge in [0.15, 0.2) is 5.82 Å². The third-order valence-corrected chi connectivity index (χ3v) is 4.27. The molecular formula is C16H20N4S. The van der Waals surface area contributed by atoms with Crippen LogP contribution >= 0.6 is 12.2 Å². The van der Waals surface area contributed by atoms with E-state index in [4.69, 9.17) is 12.2 Å². The molecule has 1 aliphatic rings. The average molecular weight is 300 g/mol. The molecule has 1 aliphatic carbocycles. The third-order valence-electron chi connectivity index (χ3n) is 4.00. The second kappa shape index (κ2) is 6.35. The fourth-order valence-electron chi connectivity index (χ4n) is 2.73. The molecule has 0 atom stereocenters. The summed E-state index contributed by atoms with van der Waals surface area (Å²) in [5.41, 5.74) is 2.25. The first-order valence-electron chi connectivity index (χ1n) is 7.53. The number of hydrogen-bond acceptors (Lipinski definition) is 3. The van der Waals surface area contributed by atoms with Crippen LogP contribution in [0.5, 0.6) is 0 Å². The van der Waals surface area contributed by atoms with Crippen LogP contribution in [0, 0.1) is 17.6 Å². The predicted octanol–water partition coefficient (Wildman–Crippen LogP) is 4.33. The first-order valence-corrected chi connectivity index (χ1v) is 7.94. The van der Waals surface area contributed by atoms with Crippen LogP contribution in [0.3, 0.4) is 0 Å². The van der Waals surface area contributed by atoms with Crippen LogP contribution in [0.15, 0.2) is 29.4 Å². The van der Waals surface area contributed by atoms with Crippen molar-refractivity contribution < 1.29 is 0 Å². The summed E-state index contributed by atoms with van der Waals surface area (Å²) in [4.78, 5) is 0. The molecule has 0 saturated heterocycles. The smallest absolute Gasteiger partial charge is 0.216 e. The van der Waals surface area contributed by atoms with Crippen molar-refractivity contribution in [1.82, 2.24) is 14.9 Å². The lowest BCUT2D eigenvalue weighted by molar-refractivity contribution is 0.443. The summed E-state index contributed by atoms with van der Waals surface area (Å²) in [5, 5.41) is 11.7. The van der Waals surface area contributed by atoms with Crippen LogP contribution < -0.4 is 0 Å². The number of aromatic amines is 1. The fraction of sp³-hybridized carbons (Fsp3) is 0.438. The van der Waals surface area contributed by atoms with Crippen molar-refractivity contribution >= 4 is 18.4 Å². The second-order valence-electron chi connectivity index (χ2n) is 5.69. The summed E-state index contributed by atoms with van der Waals surface area (Å²) >= 11 is 5.30. The normalized spacial score (nSPS) is 16.6. The first-order chi connectivity index (χ1) is 10.2. The predicted molar refractivity (Wildman–Crippen MR) is 88.0 cm³/mol. The van der Waals surface area contributed by atoms with Crippen molar-refractivity contribution in [1.29, 1.82) is 0 Å². The average Bonchev–Trinajstić information content (AvgIpc) is 2.88. The van der Waals surface area contributed by atoms with E-state index < -0.39 is 0 Å². The van der Waals surface area contributed by atoms with E-state index in [0.717, 1.165) is 11.4 Å². The maximum atomic E-state index is 5.30. The van der Waals surface area contributed by atoms with Gasteiger partial charge in [-0.15, -0.1) is 0 Å². The number of nitrogens with one attached hydrogen (secondary N) is 1. The SMILES string of the molecule is Cc1ccc(-c2n[nH]c(=S)n2/N=C/C2CCCCC2)cc1. The minimum absolute atomic E-state index is 0.539. The number of aryl methyl sites for hydroxylation is 1. The van der Waals surface area contributed by atoms with Crippen LogP contribution in [-0.4, -0.2) is 21.1 Å². The molecule has 0 radical (unpaired) electrons. The first kappa shape index (κ1) is 14.2. The van der Waals surface area contributed by atoms with Gasteiger partial charge in [-0.25, -0.2) is 5.10 Å². The zero-order valence-corrected chi connectivity index (χ0v) is 13.1. The molecule has 1 aromatic heterocycles. The van der Waals surface area contributed by atoms with Crippen LogP contribution in [-0.2, 0) is 0 Å². The highest BCUT2D eigenvalue weighted by Gasteiger charge is 2.12. The minimum Gasteiger partial charge on any atom is -0.250 e. The van der Waals surface area contributed by atoms with Gasteiger partial charge in [-0.05, 0) is 37.9 Å². The molecule has 5 heteroatoms. The quantitative estimate of drug-likeness (QED) is 0.677. The van der Waals surface area contributed by atoms with E-state index in [1.165, 1.54) is 37.7 Å². The van der Waals surface area contributed by atoms with Crippen molar-refractivity contribution in [3.05, 3.63) is 34.6 Å². The van der Waals surface area contributed by atoms with Crippen LogP contribution in [0.2, 0.25) is 0 Å². The number of nitrogens with zero attached hydrogens (tertiary/aromatic N) is 3. The summed E-state index contributed by atoms with van der Waals surface area (Å²) in [6.45, 7) is 2.07. The van der Waals surface area contributed by atoms with E-state index in [-0.39, 0.29) is 0 Å². The van der Waals surface area contributed by atoms with Gasteiger partial charge in [0.05, 0.1) is 0 Å². The molecule has 0 aliphatic heterocycles. The van der Waals surface area contributed by atoms with Gasteiger partial charge >= 0.3 is 0 Å². The van der Waals surface area contributed by atoms with E-state index in [9.17, 15) is 0 Å². The Labute approximate surface area is 129 Å². The number of H-pyrrole nitrogens is 1. The molecule has 0 unspecified atom stereocenters. The van der Waals surface area contributed by atoms with Gasteiger partial charge in [-0.1, -0.05) is 49.1 Å². The van der Waals surface area contributed by atoms with Gasteiger partial charge in [0.2, 0.25) is 4.77 Å². The topological polar surface area (TPSA) is 46.0 Å². The fourth-order valence-corrected chi connectivity index (χ4v) is 2.91. The zero-order chi connectivity index (χ0) is 14.7. The van der Waals surface area contributed by atoms with Gasteiger partial charge in [-0.2, -0.15) is 14.9 Å². The largest absolute Gasteiger partial charge is 0.250 e. The molecule has 4 nitrogen and oxygen atoms in total. The molecule has 110 valence electrons. The van der Waals surface area contributed by atoms with Gasteiger partial charge in [-0.3, -0.25) is 0 Å². The molecule has 0 bridgehead atoms. The van der Waals surface area contributed by atoms with Gasteiger partial charge in [0.25, 0.3) is 0 Å². The van der Waals surface area contributed by atoms with Crippen LogP contribution in [0.1, 0.15) is 37.7 Å². The van der Waals surface area contributed by atoms with E-state index in [1.807, 2.05) is 18.3 Å². The number of hydrogen-bond donors (Lipinski definition) is 1. The molecule has 1 aromatic carbocycles. The standard InChI is InChI=1S/C16H20N4S/c1-12-7-9-14(10-8-12)15-18-19-16(21)20(15)17-11-13-5-3-2-4-6-13/h7-11,13H,2-6H2,1H3,(H,19,21)/b17-11+. The zero-order valence-electron chi connectivity index (χ0n) is 12.2. The second-order valence-corrected chi connectivity index (χ2v) is 6.08. The molecule has 2 aromatic rings.